The number of hydrogen-bond acceptors (Lipinski definition) is 1. The summed E-state index contributed by atoms with van der Waals surface area (Å²) in [5, 5.41) is 0. The van der Waals surface area contributed by atoms with Gasteiger partial charge >= 0.3 is 18.9 Å². The van der Waals surface area contributed by atoms with Gasteiger partial charge in [-0.15, -0.1) is 0 Å². The van der Waals surface area contributed by atoms with Crippen LogP contribution in [-0.4, -0.2) is 25.6 Å². The van der Waals surface area contributed by atoms with Crippen LogP contribution in [-0.2, 0) is 38.4 Å². The van der Waals surface area contributed by atoms with Gasteiger partial charge in [0, 0.05) is 33.6 Å². The second kappa shape index (κ2) is 59.0. The van der Waals surface area contributed by atoms with E-state index in [1.54, 1.807) is 0 Å². The molecular weight excluding hydrogens is 149 g/mol. The summed E-state index contributed by atoms with van der Waals surface area (Å²) in [4.78, 5) is 8.00. The van der Waals surface area contributed by atoms with Crippen molar-refractivity contribution in [3.05, 3.63) is 0 Å². The van der Waals surface area contributed by atoms with E-state index < -0.39 is 0 Å². The van der Waals surface area contributed by atoms with Crippen molar-refractivity contribution >= 4 is 25.6 Å². The largest absolute Gasteiger partial charge is 0 e. The molecule has 0 spiro atoms. The molecule has 0 N–H and O–H groups in total. The molecule has 0 fully saturated rings. The predicted molar refractivity (Wildman–Crippen MR) is 14.3 cm³/mol. The van der Waals surface area contributed by atoms with E-state index in [2.05, 4.69) is 0 Å². The fourth-order valence-corrected chi connectivity index (χ4v) is 0. The zero-order valence-corrected chi connectivity index (χ0v) is 3.98. The molecule has 31 valence electrons. The maximum atomic E-state index is 8.00. The molecule has 0 aliphatic heterocycles. The number of hydrogen-bond donors (Lipinski definition) is 0. The zero-order valence-electron chi connectivity index (χ0n) is 1.81. The van der Waals surface area contributed by atoms with Gasteiger partial charge in [-0.25, -0.2) is 0 Å². The molecule has 0 aliphatic carbocycles. The summed E-state index contributed by atoms with van der Waals surface area (Å²) in [5.41, 5.74) is 0. The van der Waals surface area contributed by atoms with Crippen molar-refractivity contribution in [2.45, 2.75) is 0 Å². The summed E-state index contributed by atoms with van der Waals surface area (Å²) >= 11 is 0. The topological polar surface area (TPSA) is 17.1 Å². The van der Waals surface area contributed by atoms with Crippen molar-refractivity contribution in [3.8, 4) is 0 Å². The van der Waals surface area contributed by atoms with Crippen LogP contribution in [0.25, 0.3) is 0 Å². The van der Waals surface area contributed by atoms with Crippen molar-refractivity contribution < 1.29 is 38.4 Å². The van der Waals surface area contributed by atoms with Crippen LogP contribution in [0.5, 0.6) is 0 Å². The van der Waals surface area contributed by atoms with Gasteiger partial charge in [0.2, 0.25) is 0 Å². The van der Waals surface area contributed by atoms with Gasteiger partial charge in [0.15, 0.2) is 0 Å². The quantitative estimate of drug-likeness (QED) is 0.413. The minimum Gasteiger partial charge on any atom is 0 e. The SMILES string of the molecule is C=O.[LiH].[Mn].[Ni]. The van der Waals surface area contributed by atoms with Crippen LogP contribution in [0.4, 0.5) is 0 Å². The smallest absolute Gasteiger partial charge is 0 e. The van der Waals surface area contributed by atoms with Crippen LogP contribution >= 0.6 is 0 Å². The average molecular weight is 152 g/mol. The van der Waals surface area contributed by atoms with Gasteiger partial charge in [0.05, 0.1) is 0 Å². The molecule has 0 aromatic rings. The number of rotatable bonds is 0. The van der Waals surface area contributed by atoms with Gasteiger partial charge in [-0.1, -0.05) is 0 Å². The fourth-order valence-electron chi connectivity index (χ4n) is 0. The Hall–Kier alpha value is 1.28. The molecule has 4 heteroatoms. The summed E-state index contributed by atoms with van der Waals surface area (Å²) in [6.45, 7) is 2.00. The third kappa shape index (κ3) is 34.7. The first-order valence-electron chi connectivity index (χ1n) is 0.289. The molecule has 0 saturated heterocycles. The molecule has 0 bridgehead atoms. The molecule has 0 saturated carbocycles. The third-order valence-electron chi connectivity index (χ3n) is 0. The van der Waals surface area contributed by atoms with E-state index in [9.17, 15) is 0 Å². The predicted octanol–water partition coefficient (Wildman–Crippen LogP) is -0.838. The molecule has 0 atom stereocenters. The second-order valence-corrected chi connectivity index (χ2v) is 0. The zero-order chi connectivity index (χ0) is 2.00. The second-order valence-electron chi connectivity index (χ2n) is 0. The minimum absolute atomic E-state index is 0. The minimum atomic E-state index is 0. The van der Waals surface area contributed by atoms with Crippen LogP contribution in [0.2, 0.25) is 0 Å². The first kappa shape index (κ1) is 33.7. The maximum absolute atomic E-state index is 8.00. The van der Waals surface area contributed by atoms with Gasteiger partial charge in [-0.2, -0.15) is 0 Å². The first-order valence-corrected chi connectivity index (χ1v) is 0.289. The Kier molecular flexibility index (Phi) is 397. The fraction of sp³-hybridized carbons (Fsp3) is 0. The standard InChI is InChI=1S/CH2O.Li.Mn.Ni.H/c1-2;;;;/h1H2;;;;. The van der Waals surface area contributed by atoms with Gasteiger partial charge in [0.25, 0.3) is 0 Å². The summed E-state index contributed by atoms with van der Waals surface area (Å²) < 4.78 is 0. The van der Waals surface area contributed by atoms with Gasteiger partial charge < -0.3 is 4.79 Å². The first-order chi connectivity index (χ1) is 1.00. The molecule has 1 nitrogen and oxygen atoms in total. The van der Waals surface area contributed by atoms with Crippen LogP contribution < -0.4 is 0 Å². The summed E-state index contributed by atoms with van der Waals surface area (Å²) in [5.74, 6) is 0. The summed E-state index contributed by atoms with van der Waals surface area (Å²) in [6, 6.07) is 0. The monoisotopic (exact) mass is 151 g/mol. The van der Waals surface area contributed by atoms with Crippen molar-refractivity contribution in [3.63, 3.8) is 0 Å². The van der Waals surface area contributed by atoms with E-state index in [-0.39, 0.29) is 52.4 Å². The third-order valence-corrected chi connectivity index (χ3v) is 0. The van der Waals surface area contributed by atoms with Crippen LogP contribution in [0.1, 0.15) is 0 Å². The van der Waals surface area contributed by atoms with E-state index in [0.717, 1.165) is 0 Å². The molecule has 0 aliphatic rings. The Morgan fingerprint density at radius 1 is 1.20 bits per heavy atom. The van der Waals surface area contributed by atoms with Crippen LogP contribution in [0.15, 0.2) is 0 Å². The van der Waals surface area contributed by atoms with E-state index >= 15 is 0 Å². The van der Waals surface area contributed by atoms with E-state index in [4.69, 9.17) is 4.79 Å². The van der Waals surface area contributed by atoms with E-state index in [1.165, 1.54) is 0 Å². The molecule has 0 aromatic heterocycles. The number of carbonyl (C=O) groups excluding carboxylic acids is 1. The Balaban J connectivity index is -0.00000000167. The maximum Gasteiger partial charge on any atom is 0 e. The molecule has 1 radical (unpaired) electrons. The summed E-state index contributed by atoms with van der Waals surface area (Å²) in [6.07, 6.45) is 0. The molecule has 0 aromatic carbocycles. The average Bonchev–Trinajstić information content (AvgIpc) is 1.00. The molecular formula is CH3LiMnNiO. The van der Waals surface area contributed by atoms with E-state index in [1.807, 2.05) is 6.79 Å². The van der Waals surface area contributed by atoms with Crippen molar-refractivity contribution in [2.75, 3.05) is 0 Å². The molecule has 0 unspecified atom stereocenters. The Bertz CT molecular complexity index is 11.6. The Morgan fingerprint density at radius 2 is 1.20 bits per heavy atom. The van der Waals surface area contributed by atoms with Crippen LogP contribution in [0.3, 0.4) is 0 Å². The van der Waals surface area contributed by atoms with Crippen LogP contribution in [0, 0.1) is 0 Å². The Labute approximate surface area is 63.8 Å². The summed E-state index contributed by atoms with van der Waals surface area (Å²) in [7, 11) is 0. The normalized spacial score (nSPS) is 0.800. The van der Waals surface area contributed by atoms with Gasteiger partial charge in [-0.3, -0.25) is 0 Å². The van der Waals surface area contributed by atoms with Crippen molar-refractivity contribution in [1.82, 2.24) is 0 Å². The van der Waals surface area contributed by atoms with Gasteiger partial charge in [0.1, 0.15) is 6.79 Å². The van der Waals surface area contributed by atoms with Crippen molar-refractivity contribution in [2.24, 2.45) is 0 Å². The molecule has 5 heavy (non-hydrogen) atoms. The Morgan fingerprint density at radius 3 is 1.20 bits per heavy atom. The number of carbonyl (C=O) groups is 1. The molecule has 0 heterocycles. The molecule has 0 rings (SSSR count). The van der Waals surface area contributed by atoms with Gasteiger partial charge in [-0.05, 0) is 0 Å². The van der Waals surface area contributed by atoms with Crippen molar-refractivity contribution in [1.29, 1.82) is 0 Å². The van der Waals surface area contributed by atoms with E-state index in [0.29, 0.717) is 0 Å². The molecule has 0 amide bonds.